The molecule has 1 aromatic carbocycles. The summed E-state index contributed by atoms with van der Waals surface area (Å²) in [6.45, 7) is 0.593. The third-order valence-corrected chi connectivity index (χ3v) is 3.05. The number of nitrogens with zero attached hydrogens (tertiary/aromatic N) is 1. The van der Waals surface area contributed by atoms with Gasteiger partial charge in [0.15, 0.2) is 0 Å². The number of carboxylic acid groups (broad SMARTS) is 1. The van der Waals surface area contributed by atoms with Crippen molar-refractivity contribution in [3.8, 4) is 12.3 Å². The van der Waals surface area contributed by atoms with Crippen LogP contribution >= 0.6 is 11.8 Å². The van der Waals surface area contributed by atoms with Crippen LogP contribution in [-0.4, -0.2) is 34.0 Å². The van der Waals surface area contributed by atoms with E-state index >= 15 is 0 Å². The molecule has 0 radical (unpaired) electrons. The summed E-state index contributed by atoms with van der Waals surface area (Å²) in [5.41, 5.74) is -0.232. The van der Waals surface area contributed by atoms with Gasteiger partial charge in [-0.2, -0.15) is 0 Å². The first-order valence-electron chi connectivity index (χ1n) is 5.33. The van der Waals surface area contributed by atoms with Crippen molar-refractivity contribution < 1.29 is 14.8 Å². The van der Waals surface area contributed by atoms with E-state index in [9.17, 15) is 14.9 Å². The molecule has 0 aliphatic heterocycles. The Kier molecular flexibility index (Phi) is 5.70. The number of nitro groups is 1. The van der Waals surface area contributed by atoms with Gasteiger partial charge in [0.1, 0.15) is 5.56 Å². The summed E-state index contributed by atoms with van der Waals surface area (Å²) in [4.78, 5) is 20.9. The summed E-state index contributed by atoms with van der Waals surface area (Å²) in [6, 6.07) is 3.94. The monoisotopic (exact) mass is 280 g/mol. The zero-order valence-corrected chi connectivity index (χ0v) is 10.8. The summed E-state index contributed by atoms with van der Waals surface area (Å²) in [5, 5.41) is 22.6. The van der Waals surface area contributed by atoms with Crippen LogP contribution in [-0.2, 0) is 0 Å². The highest BCUT2D eigenvalue weighted by atomic mass is 32.2. The molecule has 0 spiro atoms. The highest BCUT2D eigenvalue weighted by molar-refractivity contribution is 7.99. The molecular formula is C12H12N2O4S. The molecular weight excluding hydrogens is 268 g/mol. The standard InChI is InChI=1S/C12H12N2O4S/c1-2-6-19-7-5-13-9-3-4-10(12(15)16)11(8-9)14(17)18/h1,3-4,8,13H,5-7H2,(H,15,16). The summed E-state index contributed by atoms with van der Waals surface area (Å²) in [7, 11) is 0. The van der Waals surface area contributed by atoms with Crippen molar-refractivity contribution in [2.75, 3.05) is 23.4 Å². The number of nitrogens with one attached hydrogen (secondary N) is 1. The minimum absolute atomic E-state index is 0.322. The number of benzene rings is 1. The van der Waals surface area contributed by atoms with E-state index in [0.717, 1.165) is 5.75 Å². The highest BCUT2D eigenvalue weighted by Crippen LogP contribution is 2.23. The molecule has 1 aromatic rings. The van der Waals surface area contributed by atoms with Gasteiger partial charge in [0.2, 0.25) is 0 Å². The average molecular weight is 280 g/mol. The van der Waals surface area contributed by atoms with Crippen molar-refractivity contribution in [3.63, 3.8) is 0 Å². The van der Waals surface area contributed by atoms with Gasteiger partial charge >= 0.3 is 5.97 Å². The molecule has 7 heteroatoms. The molecule has 0 amide bonds. The summed E-state index contributed by atoms with van der Waals surface area (Å²) in [6.07, 6.45) is 5.10. The molecule has 0 saturated carbocycles. The summed E-state index contributed by atoms with van der Waals surface area (Å²) < 4.78 is 0. The Hall–Kier alpha value is -2.20. The van der Waals surface area contributed by atoms with Crippen molar-refractivity contribution in [2.45, 2.75) is 0 Å². The quantitative estimate of drug-likeness (QED) is 0.344. The van der Waals surface area contributed by atoms with Crippen LogP contribution in [0, 0.1) is 22.5 Å². The molecule has 0 aliphatic rings. The Morgan fingerprint density at radius 3 is 2.89 bits per heavy atom. The Labute approximate surface area is 114 Å². The third kappa shape index (κ3) is 4.52. The number of thioether (sulfide) groups is 1. The Morgan fingerprint density at radius 2 is 2.32 bits per heavy atom. The molecule has 0 heterocycles. The van der Waals surface area contributed by atoms with E-state index in [2.05, 4.69) is 11.2 Å². The zero-order valence-electron chi connectivity index (χ0n) is 9.96. The van der Waals surface area contributed by atoms with Crippen LogP contribution in [0.1, 0.15) is 10.4 Å². The summed E-state index contributed by atoms with van der Waals surface area (Å²) in [5.74, 6) is 2.55. The molecule has 6 nitrogen and oxygen atoms in total. The fourth-order valence-corrected chi connectivity index (χ4v) is 1.88. The molecule has 0 atom stereocenters. The maximum atomic E-state index is 10.8. The summed E-state index contributed by atoms with van der Waals surface area (Å²) >= 11 is 1.56. The van der Waals surface area contributed by atoms with Crippen molar-refractivity contribution in [1.82, 2.24) is 0 Å². The molecule has 0 fully saturated rings. The van der Waals surface area contributed by atoms with Crippen molar-refractivity contribution in [3.05, 3.63) is 33.9 Å². The molecule has 19 heavy (non-hydrogen) atoms. The van der Waals surface area contributed by atoms with E-state index in [1.807, 2.05) is 0 Å². The number of terminal acetylenes is 1. The first kappa shape index (κ1) is 14.9. The van der Waals surface area contributed by atoms with E-state index in [4.69, 9.17) is 11.5 Å². The molecule has 0 saturated heterocycles. The number of anilines is 1. The lowest BCUT2D eigenvalue weighted by molar-refractivity contribution is -0.385. The third-order valence-electron chi connectivity index (χ3n) is 2.19. The minimum atomic E-state index is -1.32. The van der Waals surface area contributed by atoms with Crippen LogP contribution in [0.3, 0.4) is 0 Å². The van der Waals surface area contributed by atoms with Gasteiger partial charge in [0.25, 0.3) is 5.69 Å². The Balaban J connectivity index is 2.71. The molecule has 2 N–H and O–H groups in total. The molecule has 1 rings (SSSR count). The second-order valence-corrected chi connectivity index (χ2v) is 4.58. The minimum Gasteiger partial charge on any atom is -0.477 e. The van der Waals surface area contributed by atoms with Crippen molar-refractivity contribution in [1.29, 1.82) is 0 Å². The normalized spacial score (nSPS) is 9.63. The first-order valence-corrected chi connectivity index (χ1v) is 6.48. The largest absolute Gasteiger partial charge is 0.477 e. The molecule has 0 aliphatic carbocycles. The lowest BCUT2D eigenvalue weighted by Gasteiger charge is -2.06. The second-order valence-electron chi connectivity index (χ2n) is 3.48. The predicted octanol–water partition coefficient (Wildman–Crippen LogP) is 2.07. The van der Waals surface area contributed by atoms with Crippen LogP contribution in [0.2, 0.25) is 0 Å². The van der Waals surface area contributed by atoms with Gasteiger partial charge in [-0.05, 0) is 12.1 Å². The van der Waals surface area contributed by atoms with Crippen LogP contribution in [0.25, 0.3) is 0 Å². The molecule has 100 valence electrons. The van der Waals surface area contributed by atoms with Crippen LogP contribution in [0.5, 0.6) is 0 Å². The number of carbonyl (C=O) groups is 1. The van der Waals surface area contributed by atoms with E-state index in [0.29, 0.717) is 18.0 Å². The first-order chi connectivity index (χ1) is 9.06. The predicted molar refractivity (Wildman–Crippen MR) is 74.7 cm³/mol. The number of hydrogen-bond acceptors (Lipinski definition) is 5. The van der Waals surface area contributed by atoms with Gasteiger partial charge in [-0.15, -0.1) is 18.2 Å². The van der Waals surface area contributed by atoms with Gasteiger partial charge < -0.3 is 10.4 Å². The Morgan fingerprint density at radius 1 is 1.58 bits per heavy atom. The van der Waals surface area contributed by atoms with Gasteiger partial charge in [0.05, 0.1) is 10.7 Å². The van der Waals surface area contributed by atoms with E-state index in [1.165, 1.54) is 18.2 Å². The Bertz CT molecular complexity index is 525. The lowest BCUT2D eigenvalue weighted by Crippen LogP contribution is -2.07. The van der Waals surface area contributed by atoms with E-state index in [1.54, 1.807) is 11.8 Å². The number of nitro benzene ring substituents is 1. The zero-order chi connectivity index (χ0) is 14.3. The highest BCUT2D eigenvalue weighted by Gasteiger charge is 2.19. The topological polar surface area (TPSA) is 92.5 Å². The lowest BCUT2D eigenvalue weighted by atomic mass is 10.1. The number of hydrogen-bond donors (Lipinski definition) is 2. The second kappa shape index (κ2) is 7.28. The average Bonchev–Trinajstić information content (AvgIpc) is 2.38. The fraction of sp³-hybridized carbons (Fsp3) is 0.250. The maximum Gasteiger partial charge on any atom is 0.342 e. The van der Waals surface area contributed by atoms with E-state index < -0.39 is 16.6 Å². The molecule has 0 aromatic heterocycles. The van der Waals surface area contributed by atoms with Gasteiger partial charge in [-0.1, -0.05) is 5.92 Å². The maximum absolute atomic E-state index is 10.8. The van der Waals surface area contributed by atoms with Gasteiger partial charge in [0, 0.05) is 24.1 Å². The fourth-order valence-electron chi connectivity index (χ4n) is 1.37. The van der Waals surface area contributed by atoms with Gasteiger partial charge in [-0.25, -0.2) is 4.79 Å². The SMILES string of the molecule is C#CCSCCNc1ccc(C(=O)O)c([N+](=O)[O-])c1. The number of carboxylic acids is 1. The smallest absolute Gasteiger partial charge is 0.342 e. The van der Waals surface area contributed by atoms with Crippen molar-refractivity contribution >= 4 is 29.1 Å². The van der Waals surface area contributed by atoms with E-state index in [-0.39, 0.29) is 5.56 Å². The number of aromatic carboxylic acids is 1. The van der Waals surface area contributed by atoms with Crippen LogP contribution in [0.15, 0.2) is 18.2 Å². The molecule has 0 bridgehead atoms. The van der Waals surface area contributed by atoms with Crippen LogP contribution in [0.4, 0.5) is 11.4 Å². The molecule has 0 unspecified atom stereocenters. The number of rotatable bonds is 7. The van der Waals surface area contributed by atoms with Gasteiger partial charge in [-0.3, -0.25) is 10.1 Å². The van der Waals surface area contributed by atoms with Crippen molar-refractivity contribution in [2.24, 2.45) is 0 Å². The van der Waals surface area contributed by atoms with Crippen LogP contribution < -0.4 is 5.32 Å².